The van der Waals surface area contributed by atoms with E-state index in [4.69, 9.17) is 4.99 Å². The van der Waals surface area contributed by atoms with Crippen LogP contribution in [0.25, 0.3) is 72.0 Å². The molecule has 7 aromatic carbocycles. The number of hydrogen-bond acceptors (Lipinski definition) is 4. The summed E-state index contributed by atoms with van der Waals surface area (Å²) < 4.78 is 0. The molecule has 4 nitrogen and oxygen atoms in total. The second kappa shape index (κ2) is 14.4. The maximum absolute atomic E-state index is 5.46. The highest BCUT2D eigenvalue weighted by molar-refractivity contribution is 6.13. The summed E-state index contributed by atoms with van der Waals surface area (Å²) in [5.41, 5.74) is 13.8. The van der Waals surface area contributed by atoms with Gasteiger partial charge in [0.15, 0.2) is 0 Å². The molecule has 9 aromatic rings. The van der Waals surface area contributed by atoms with Crippen molar-refractivity contribution in [2.75, 3.05) is 0 Å². The lowest BCUT2D eigenvalue weighted by molar-refractivity contribution is 0.664. The number of nitrogens with one attached hydrogen (secondary N) is 1. The lowest BCUT2D eigenvalue weighted by Gasteiger charge is -2.26. The van der Waals surface area contributed by atoms with Crippen LogP contribution in [0.4, 0.5) is 0 Å². The van der Waals surface area contributed by atoms with Crippen molar-refractivity contribution in [3.8, 4) is 44.8 Å². The normalized spacial score (nSPS) is 13.9. The van der Waals surface area contributed by atoms with E-state index >= 15 is 0 Å². The highest BCUT2D eigenvalue weighted by Crippen LogP contribution is 2.38. The highest BCUT2D eigenvalue weighted by atomic mass is 15.1. The van der Waals surface area contributed by atoms with E-state index in [-0.39, 0.29) is 6.17 Å². The molecule has 56 heavy (non-hydrogen) atoms. The van der Waals surface area contributed by atoms with Crippen molar-refractivity contribution < 1.29 is 0 Å². The first kappa shape index (κ1) is 33.2. The molecule has 10 rings (SSSR count). The molecule has 1 N–H and O–H groups in total. The maximum atomic E-state index is 5.46. The van der Waals surface area contributed by atoms with Gasteiger partial charge in [0.05, 0.1) is 17.1 Å². The molecule has 1 aliphatic rings. The molecule has 0 spiro atoms. The molecule has 4 heteroatoms. The fourth-order valence-electron chi connectivity index (χ4n) is 7.79. The Hall–Kier alpha value is -7.43. The van der Waals surface area contributed by atoms with E-state index in [1.807, 2.05) is 48.8 Å². The molecule has 0 saturated carbocycles. The number of nitrogens with zero attached hydrogens (tertiary/aromatic N) is 3. The number of allylic oxidation sites excluding steroid dienone is 1. The third-order valence-corrected chi connectivity index (χ3v) is 10.6. The van der Waals surface area contributed by atoms with Crippen LogP contribution in [0.5, 0.6) is 0 Å². The van der Waals surface area contributed by atoms with Crippen LogP contribution < -0.4 is 5.32 Å². The van der Waals surface area contributed by atoms with Gasteiger partial charge in [-0.1, -0.05) is 146 Å². The van der Waals surface area contributed by atoms with Gasteiger partial charge in [-0.05, 0) is 109 Å². The number of hydrogen-bond donors (Lipinski definition) is 1. The quantitative estimate of drug-likeness (QED) is 0.179. The van der Waals surface area contributed by atoms with Gasteiger partial charge in [0.25, 0.3) is 0 Å². The zero-order chi connectivity index (χ0) is 37.3. The van der Waals surface area contributed by atoms with Crippen LogP contribution in [-0.2, 0) is 0 Å². The van der Waals surface area contributed by atoms with Crippen molar-refractivity contribution in [1.82, 2.24) is 15.3 Å². The smallest absolute Gasteiger partial charge is 0.145 e. The molecule has 264 valence electrons. The zero-order valence-electron chi connectivity index (χ0n) is 30.5. The summed E-state index contributed by atoms with van der Waals surface area (Å²) in [5.74, 6) is 0. The molecule has 3 heterocycles. The molecule has 0 amide bonds. The van der Waals surface area contributed by atoms with Gasteiger partial charge in [-0.2, -0.15) is 0 Å². The van der Waals surface area contributed by atoms with E-state index in [0.29, 0.717) is 0 Å². The lowest BCUT2D eigenvalue weighted by atomic mass is 9.90. The molecule has 0 aliphatic carbocycles. The number of aliphatic imine (C=N–C) groups is 1. The van der Waals surface area contributed by atoms with Gasteiger partial charge in [-0.25, -0.2) is 0 Å². The van der Waals surface area contributed by atoms with Crippen LogP contribution in [0.2, 0.25) is 0 Å². The number of benzene rings is 7. The van der Waals surface area contributed by atoms with Gasteiger partial charge in [0, 0.05) is 29.2 Å². The minimum atomic E-state index is -0.361. The number of fused-ring (bicyclic) bond motifs is 2. The largest absolute Gasteiger partial charge is 0.360 e. The van der Waals surface area contributed by atoms with Gasteiger partial charge in [0.1, 0.15) is 6.17 Å². The molecule has 0 saturated heterocycles. The van der Waals surface area contributed by atoms with Gasteiger partial charge in [0.2, 0.25) is 0 Å². The predicted molar refractivity (Wildman–Crippen MR) is 232 cm³/mol. The summed E-state index contributed by atoms with van der Waals surface area (Å²) in [5, 5.41) is 8.73. The Kier molecular flexibility index (Phi) is 8.54. The lowest BCUT2D eigenvalue weighted by Crippen LogP contribution is -2.25. The molecule has 0 fully saturated rings. The second-order valence-electron chi connectivity index (χ2n) is 14.1. The first-order valence-corrected chi connectivity index (χ1v) is 18.9. The Balaban J connectivity index is 1.13. The van der Waals surface area contributed by atoms with E-state index < -0.39 is 0 Å². The van der Waals surface area contributed by atoms with Crippen molar-refractivity contribution in [3.05, 3.63) is 223 Å². The summed E-state index contributed by atoms with van der Waals surface area (Å²) in [4.78, 5) is 14.6. The van der Waals surface area contributed by atoms with Crippen molar-refractivity contribution in [1.29, 1.82) is 0 Å². The summed E-state index contributed by atoms with van der Waals surface area (Å²) in [6, 6.07) is 66.5. The fraction of sp³-hybridized carbons (Fsp3) is 0.0192. The molecular formula is C52H36N4. The van der Waals surface area contributed by atoms with Crippen molar-refractivity contribution in [2.24, 2.45) is 4.99 Å². The predicted octanol–water partition coefficient (Wildman–Crippen LogP) is 12.6. The number of rotatable bonds is 7. The molecule has 1 aliphatic heterocycles. The summed E-state index contributed by atoms with van der Waals surface area (Å²) >= 11 is 0. The Morgan fingerprint density at radius 2 is 0.875 bits per heavy atom. The first-order chi connectivity index (χ1) is 27.7. The third kappa shape index (κ3) is 6.44. The summed E-state index contributed by atoms with van der Waals surface area (Å²) in [6.45, 7) is 0. The third-order valence-electron chi connectivity index (χ3n) is 10.6. The second-order valence-corrected chi connectivity index (χ2v) is 14.1. The van der Waals surface area contributed by atoms with Gasteiger partial charge in [-0.15, -0.1) is 0 Å². The summed E-state index contributed by atoms with van der Waals surface area (Å²) in [7, 11) is 0. The van der Waals surface area contributed by atoms with E-state index in [1.165, 1.54) is 32.7 Å². The average molecular weight is 717 g/mol. The van der Waals surface area contributed by atoms with E-state index in [9.17, 15) is 0 Å². The van der Waals surface area contributed by atoms with Crippen LogP contribution in [0.3, 0.4) is 0 Å². The Labute approximate surface area is 326 Å². The van der Waals surface area contributed by atoms with Crippen LogP contribution in [0.15, 0.2) is 212 Å². The average Bonchev–Trinajstić information content (AvgIpc) is 3.29. The number of pyridine rings is 2. The van der Waals surface area contributed by atoms with Crippen LogP contribution >= 0.6 is 0 Å². The van der Waals surface area contributed by atoms with E-state index in [1.54, 1.807) is 0 Å². The standard InChI is InChI=1S/C52H36N4/c1-3-15-44-35(11-1)13-9-17-46(44)41-31-42(47-18-10-14-36-12-2-4-16-45(36)47)33-43(32-41)52-55-50(39-25-21-37(22-26-39)48-19-5-7-29-53-48)34-51(56-52)40-27-23-38(24-28-40)49-20-6-8-30-54-49/h1-34,52,55H. The monoisotopic (exact) mass is 716 g/mol. The minimum Gasteiger partial charge on any atom is -0.360 e. The molecule has 2 aromatic heterocycles. The Bertz CT molecular complexity index is 2810. The molecule has 1 atom stereocenters. The van der Waals surface area contributed by atoms with Gasteiger partial charge >= 0.3 is 0 Å². The SMILES string of the molecule is C1=C(c2ccc(-c3ccccn3)cc2)NC(c2cc(-c3cccc4ccccc34)cc(-c3cccc4ccccc34)c2)N=C1c1ccc(-c2ccccn2)cc1. The number of aromatic nitrogens is 2. The van der Waals surface area contributed by atoms with Crippen LogP contribution in [0, 0.1) is 0 Å². The first-order valence-electron chi connectivity index (χ1n) is 18.9. The molecule has 0 radical (unpaired) electrons. The van der Waals surface area contributed by atoms with Crippen LogP contribution in [-0.4, -0.2) is 15.7 Å². The highest BCUT2D eigenvalue weighted by Gasteiger charge is 2.22. The maximum Gasteiger partial charge on any atom is 0.145 e. The van der Waals surface area contributed by atoms with Crippen molar-refractivity contribution in [2.45, 2.75) is 6.17 Å². The molecule has 0 bridgehead atoms. The zero-order valence-corrected chi connectivity index (χ0v) is 30.5. The van der Waals surface area contributed by atoms with E-state index in [0.717, 1.165) is 61.7 Å². The van der Waals surface area contributed by atoms with Gasteiger partial charge in [-0.3, -0.25) is 15.0 Å². The Morgan fingerprint density at radius 1 is 0.393 bits per heavy atom. The van der Waals surface area contributed by atoms with Crippen molar-refractivity contribution in [3.63, 3.8) is 0 Å². The molecule has 1 unspecified atom stereocenters. The van der Waals surface area contributed by atoms with E-state index in [2.05, 4.69) is 173 Å². The molecular weight excluding hydrogens is 681 g/mol. The Morgan fingerprint density at radius 3 is 1.41 bits per heavy atom. The fourth-order valence-corrected chi connectivity index (χ4v) is 7.79. The summed E-state index contributed by atoms with van der Waals surface area (Å²) in [6.07, 6.45) is 5.47. The minimum absolute atomic E-state index is 0.361. The van der Waals surface area contributed by atoms with Gasteiger partial charge < -0.3 is 5.32 Å². The van der Waals surface area contributed by atoms with Crippen molar-refractivity contribution >= 4 is 33.0 Å². The van der Waals surface area contributed by atoms with Crippen LogP contribution in [0.1, 0.15) is 22.9 Å². The topological polar surface area (TPSA) is 50.2 Å².